The van der Waals surface area contributed by atoms with Crippen molar-refractivity contribution < 1.29 is 9.13 Å². The van der Waals surface area contributed by atoms with Crippen LogP contribution < -0.4 is 10.1 Å². The summed E-state index contributed by atoms with van der Waals surface area (Å²) in [5.74, 6) is 0.512. The highest BCUT2D eigenvalue weighted by Crippen LogP contribution is 2.25. The molecule has 1 aromatic heterocycles. The molecule has 106 valence electrons. The summed E-state index contributed by atoms with van der Waals surface area (Å²) in [5.41, 5.74) is 4.12. The molecule has 0 spiro atoms. The van der Waals surface area contributed by atoms with Crippen molar-refractivity contribution in [3.8, 4) is 5.75 Å². The molecule has 0 aliphatic rings. The lowest BCUT2D eigenvalue weighted by Gasteiger charge is -2.14. The Morgan fingerprint density at radius 1 is 1.10 bits per heavy atom. The van der Waals surface area contributed by atoms with Crippen LogP contribution in [0.2, 0.25) is 0 Å². The third-order valence-corrected chi connectivity index (χ3v) is 3.05. The maximum atomic E-state index is 13.1. The van der Waals surface area contributed by atoms with E-state index in [1.807, 2.05) is 20.9 Å². The van der Waals surface area contributed by atoms with Crippen molar-refractivity contribution >= 4 is 0 Å². The molecular formula is C16H19FN2O. The second-order valence-electron chi connectivity index (χ2n) is 4.89. The van der Waals surface area contributed by atoms with Gasteiger partial charge < -0.3 is 10.1 Å². The molecule has 0 atom stereocenters. The Morgan fingerprint density at radius 3 is 2.40 bits per heavy atom. The van der Waals surface area contributed by atoms with Crippen LogP contribution in [0.3, 0.4) is 0 Å². The number of hydrogen-bond donors (Lipinski definition) is 1. The quantitative estimate of drug-likeness (QED) is 0.909. The lowest BCUT2D eigenvalue weighted by atomic mass is 10.1. The summed E-state index contributed by atoms with van der Waals surface area (Å²) in [6, 6.07) is 5.64. The van der Waals surface area contributed by atoms with Crippen LogP contribution in [0, 0.1) is 19.7 Å². The summed E-state index contributed by atoms with van der Waals surface area (Å²) in [5, 5.41) is 3.13. The Kier molecular flexibility index (Phi) is 4.69. The Bertz CT molecular complexity index is 576. The summed E-state index contributed by atoms with van der Waals surface area (Å²) in [6.45, 7) is 5.18. The molecule has 0 saturated heterocycles. The number of rotatable bonds is 5. The van der Waals surface area contributed by atoms with Crippen LogP contribution in [0.25, 0.3) is 0 Å². The molecule has 0 aliphatic carbocycles. The van der Waals surface area contributed by atoms with E-state index in [4.69, 9.17) is 4.74 Å². The number of hydrogen-bond acceptors (Lipinski definition) is 3. The molecule has 0 bridgehead atoms. The average Bonchev–Trinajstić information content (AvgIpc) is 2.38. The van der Waals surface area contributed by atoms with E-state index in [1.165, 1.54) is 17.8 Å². The van der Waals surface area contributed by atoms with Crippen LogP contribution >= 0.6 is 0 Å². The molecule has 2 aromatic rings. The third-order valence-electron chi connectivity index (χ3n) is 3.05. The molecule has 0 fully saturated rings. The molecule has 3 nitrogen and oxygen atoms in total. The van der Waals surface area contributed by atoms with Gasteiger partial charge in [0.25, 0.3) is 0 Å². The van der Waals surface area contributed by atoms with E-state index in [0.717, 1.165) is 29.0 Å². The predicted octanol–water partition coefficient (Wildman–Crippen LogP) is 3.14. The number of nitrogens with one attached hydrogen (secondary N) is 1. The fraction of sp³-hybridized carbons (Fsp3) is 0.312. The first-order valence-electron chi connectivity index (χ1n) is 6.57. The zero-order valence-corrected chi connectivity index (χ0v) is 12.0. The van der Waals surface area contributed by atoms with Gasteiger partial charge >= 0.3 is 0 Å². The van der Waals surface area contributed by atoms with Gasteiger partial charge in [0.05, 0.1) is 6.20 Å². The van der Waals surface area contributed by atoms with Gasteiger partial charge in [-0.05, 0) is 43.7 Å². The molecule has 0 amide bonds. The van der Waals surface area contributed by atoms with E-state index in [0.29, 0.717) is 6.61 Å². The minimum atomic E-state index is -0.344. The van der Waals surface area contributed by atoms with Gasteiger partial charge in [-0.25, -0.2) is 4.39 Å². The normalized spacial score (nSPS) is 10.6. The number of ether oxygens (including phenoxy) is 1. The van der Waals surface area contributed by atoms with E-state index in [2.05, 4.69) is 22.4 Å². The fourth-order valence-electron chi connectivity index (χ4n) is 2.26. The maximum Gasteiger partial charge on any atom is 0.141 e. The van der Waals surface area contributed by atoms with Crippen LogP contribution in [0.1, 0.15) is 22.3 Å². The molecule has 0 radical (unpaired) electrons. The fourth-order valence-corrected chi connectivity index (χ4v) is 2.26. The first-order valence-corrected chi connectivity index (χ1v) is 6.57. The largest absolute Gasteiger partial charge is 0.488 e. The lowest BCUT2D eigenvalue weighted by Crippen LogP contribution is -2.06. The number of pyridine rings is 1. The van der Waals surface area contributed by atoms with Gasteiger partial charge in [-0.2, -0.15) is 0 Å². The van der Waals surface area contributed by atoms with E-state index < -0.39 is 0 Å². The number of nitrogens with zero attached hydrogens (tertiary/aromatic N) is 1. The zero-order chi connectivity index (χ0) is 14.5. The van der Waals surface area contributed by atoms with Crippen LogP contribution in [-0.2, 0) is 13.2 Å². The summed E-state index contributed by atoms with van der Waals surface area (Å²) in [4.78, 5) is 3.82. The molecule has 20 heavy (non-hydrogen) atoms. The second-order valence-corrected chi connectivity index (χ2v) is 4.89. The Morgan fingerprint density at radius 2 is 1.80 bits per heavy atom. The Hall–Kier alpha value is -1.94. The number of aromatic nitrogens is 1. The molecule has 2 rings (SSSR count). The average molecular weight is 274 g/mol. The van der Waals surface area contributed by atoms with Gasteiger partial charge in [0.15, 0.2) is 0 Å². The SMILES string of the molecule is CNCc1cc(C)c(OCc2cncc(F)c2)c(C)c1. The van der Waals surface area contributed by atoms with Gasteiger partial charge in [0, 0.05) is 18.3 Å². The third kappa shape index (κ3) is 3.54. The number of aryl methyl sites for hydroxylation is 2. The van der Waals surface area contributed by atoms with Gasteiger partial charge in [0.2, 0.25) is 0 Å². The highest BCUT2D eigenvalue weighted by Gasteiger charge is 2.07. The van der Waals surface area contributed by atoms with Crippen LogP contribution in [-0.4, -0.2) is 12.0 Å². The summed E-state index contributed by atoms with van der Waals surface area (Å²) in [6.07, 6.45) is 2.80. The van der Waals surface area contributed by atoms with Crippen molar-refractivity contribution in [2.45, 2.75) is 27.0 Å². The number of benzene rings is 1. The molecule has 0 aliphatic heterocycles. The van der Waals surface area contributed by atoms with Gasteiger partial charge in [-0.1, -0.05) is 12.1 Å². The van der Waals surface area contributed by atoms with E-state index in [-0.39, 0.29) is 5.82 Å². The second kappa shape index (κ2) is 6.48. The van der Waals surface area contributed by atoms with Gasteiger partial charge in [-0.3, -0.25) is 4.98 Å². The van der Waals surface area contributed by atoms with Crippen molar-refractivity contribution in [2.75, 3.05) is 7.05 Å². The van der Waals surface area contributed by atoms with E-state index in [1.54, 1.807) is 6.20 Å². The molecule has 4 heteroatoms. The molecule has 1 aromatic carbocycles. The Balaban J connectivity index is 2.13. The summed E-state index contributed by atoms with van der Waals surface area (Å²) >= 11 is 0. The minimum Gasteiger partial charge on any atom is -0.488 e. The van der Waals surface area contributed by atoms with Crippen molar-refractivity contribution in [3.05, 3.63) is 58.7 Å². The van der Waals surface area contributed by atoms with Crippen molar-refractivity contribution in [2.24, 2.45) is 0 Å². The maximum absolute atomic E-state index is 13.1. The van der Waals surface area contributed by atoms with E-state index >= 15 is 0 Å². The topological polar surface area (TPSA) is 34.1 Å². The highest BCUT2D eigenvalue weighted by molar-refractivity contribution is 5.43. The zero-order valence-electron chi connectivity index (χ0n) is 12.0. The summed E-state index contributed by atoms with van der Waals surface area (Å²) in [7, 11) is 1.92. The molecule has 0 unspecified atom stereocenters. The molecule has 1 heterocycles. The van der Waals surface area contributed by atoms with Crippen LogP contribution in [0.5, 0.6) is 5.75 Å². The van der Waals surface area contributed by atoms with Gasteiger partial charge in [-0.15, -0.1) is 0 Å². The first kappa shape index (κ1) is 14.5. The predicted molar refractivity (Wildman–Crippen MR) is 77.2 cm³/mol. The molecule has 1 N–H and O–H groups in total. The van der Waals surface area contributed by atoms with Gasteiger partial charge in [0.1, 0.15) is 18.2 Å². The Labute approximate surface area is 118 Å². The lowest BCUT2D eigenvalue weighted by molar-refractivity contribution is 0.300. The van der Waals surface area contributed by atoms with Crippen LogP contribution in [0.4, 0.5) is 4.39 Å². The summed E-state index contributed by atoms with van der Waals surface area (Å²) < 4.78 is 18.9. The van der Waals surface area contributed by atoms with Crippen LogP contribution in [0.15, 0.2) is 30.6 Å². The smallest absolute Gasteiger partial charge is 0.141 e. The number of halogens is 1. The standard InChI is InChI=1S/C16H19FN2O/c1-11-4-13(7-18-3)5-12(2)16(11)20-10-14-6-15(17)9-19-8-14/h4-6,8-9,18H,7,10H2,1-3H3. The van der Waals surface area contributed by atoms with Crippen molar-refractivity contribution in [1.82, 2.24) is 10.3 Å². The monoisotopic (exact) mass is 274 g/mol. The van der Waals surface area contributed by atoms with Crippen molar-refractivity contribution in [3.63, 3.8) is 0 Å². The first-order chi connectivity index (χ1) is 9.60. The minimum absolute atomic E-state index is 0.317. The van der Waals surface area contributed by atoms with E-state index in [9.17, 15) is 4.39 Å². The molecule has 0 saturated carbocycles. The van der Waals surface area contributed by atoms with Crippen molar-refractivity contribution in [1.29, 1.82) is 0 Å². The highest BCUT2D eigenvalue weighted by atomic mass is 19.1. The molecular weight excluding hydrogens is 255 g/mol.